The molecule has 2 aliphatic heterocycles. The first-order valence-corrected chi connectivity index (χ1v) is 11.0. The number of carbonyl (C=O) groups excluding carboxylic acids is 1. The Morgan fingerprint density at radius 2 is 1.82 bits per heavy atom. The number of nitrogens with zero attached hydrogens (tertiary/aromatic N) is 2. The van der Waals surface area contributed by atoms with Crippen LogP contribution in [0.2, 0.25) is 0 Å². The minimum Gasteiger partial charge on any atom is -0.457 e. The van der Waals surface area contributed by atoms with Crippen LogP contribution in [0.15, 0.2) is 36.4 Å². The minimum atomic E-state index is -4.54. The SMILES string of the molecule is Cc1ccccc1Oc1cc2c(c(C(F)(F)F)c1)N(C)C1CCN(C(=O)OC(C)(C)C)CC21. The fraction of sp³-hybridized carbons (Fsp3) is 0.480. The Balaban J connectivity index is 1.73. The molecular weight excluding hydrogens is 433 g/mol. The molecule has 0 radical (unpaired) electrons. The molecule has 2 aromatic carbocycles. The number of anilines is 1. The molecule has 4 rings (SSSR count). The van der Waals surface area contributed by atoms with E-state index in [1.54, 1.807) is 55.8 Å². The predicted octanol–water partition coefficient (Wildman–Crippen LogP) is 6.35. The highest BCUT2D eigenvalue weighted by Gasteiger charge is 2.47. The van der Waals surface area contributed by atoms with Crippen molar-refractivity contribution < 1.29 is 27.4 Å². The first-order chi connectivity index (χ1) is 15.3. The van der Waals surface area contributed by atoms with Gasteiger partial charge in [-0.2, -0.15) is 13.2 Å². The van der Waals surface area contributed by atoms with Gasteiger partial charge in [0.05, 0.1) is 11.3 Å². The summed E-state index contributed by atoms with van der Waals surface area (Å²) in [5.41, 5.74) is 0.186. The van der Waals surface area contributed by atoms with Gasteiger partial charge in [0.25, 0.3) is 0 Å². The largest absolute Gasteiger partial charge is 0.457 e. The zero-order chi connectivity index (χ0) is 24.1. The minimum absolute atomic E-state index is 0.131. The van der Waals surface area contributed by atoms with Crippen molar-refractivity contribution in [1.82, 2.24) is 4.90 Å². The van der Waals surface area contributed by atoms with Crippen LogP contribution in [0, 0.1) is 6.92 Å². The fourth-order valence-electron chi connectivity index (χ4n) is 4.75. The maximum absolute atomic E-state index is 14.1. The fourth-order valence-corrected chi connectivity index (χ4v) is 4.75. The summed E-state index contributed by atoms with van der Waals surface area (Å²) in [5, 5.41) is 0. The molecule has 2 aliphatic rings. The van der Waals surface area contributed by atoms with E-state index in [1.165, 1.54) is 0 Å². The van der Waals surface area contributed by atoms with Gasteiger partial charge in [-0.25, -0.2) is 4.79 Å². The quantitative estimate of drug-likeness (QED) is 0.522. The van der Waals surface area contributed by atoms with Crippen molar-refractivity contribution in [2.24, 2.45) is 0 Å². The van der Waals surface area contributed by atoms with Crippen LogP contribution in [0.4, 0.5) is 23.7 Å². The van der Waals surface area contributed by atoms with Gasteiger partial charge in [0.2, 0.25) is 0 Å². The predicted molar refractivity (Wildman–Crippen MR) is 120 cm³/mol. The highest BCUT2D eigenvalue weighted by atomic mass is 19.4. The number of rotatable bonds is 2. The van der Waals surface area contributed by atoms with E-state index in [0.717, 1.165) is 11.6 Å². The molecular formula is C25H29F3N2O3. The van der Waals surface area contributed by atoms with Crippen LogP contribution >= 0.6 is 0 Å². The van der Waals surface area contributed by atoms with Gasteiger partial charge in [0, 0.05) is 32.1 Å². The van der Waals surface area contributed by atoms with Gasteiger partial charge in [0.15, 0.2) is 0 Å². The number of carbonyl (C=O) groups is 1. The first-order valence-electron chi connectivity index (χ1n) is 11.0. The van der Waals surface area contributed by atoms with Crippen LogP contribution in [0.1, 0.15) is 49.8 Å². The maximum Gasteiger partial charge on any atom is 0.418 e. The average molecular weight is 463 g/mol. The summed E-state index contributed by atoms with van der Waals surface area (Å²) < 4.78 is 53.8. The Morgan fingerprint density at radius 1 is 1.12 bits per heavy atom. The van der Waals surface area contributed by atoms with Crippen molar-refractivity contribution in [3.8, 4) is 11.5 Å². The number of hydrogen-bond donors (Lipinski definition) is 0. The Bertz CT molecular complexity index is 1060. The van der Waals surface area contributed by atoms with Crippen LogP contribution < -0.4 is 9.64 Å². The number of piperidine rings is 1. The first kappa shape index (κ1) is 23.3. The highest BCUT2D eigenvalue weighted by molar-refractivity contribution is 5.72. The number of benzene rings is 2. The lowest BCUT2D eigenvalue weighted by molar-refractivity contribution is -0.137. The summed E-state index contributed by atoms with van der Waals surface area (Å²) in [6, 6.07) is 9.84. The zero-order valence-electron chi connectivity index (χ0n) is 19.5. The van der Waals surface area contributed by atoms with E-state index in [4.69, 9.17) is 9.47 Å². The molecule has 1 saturated heterocycles. The second-order valence-electron chi connectivity index (χ2n) is 9.77. The monoisotopic (exact) mass is 462 g/mol. The third kappa shape index (κ3) is 4.61. The molecule has 0 N–H and O–H groups in total. The molecule has 0 saturated carbocycles. The number of likely N-dealkylation sites (N-methyl/N-ethyl adjacent to an activating group) is 1. The molecule has 0 aliphatic carbocycles. The van der Waals surface area contributed by atoms with Gasteiger partial charge in [-0.05, 0) is 63.4 Å². The second kappa shape index (κ2) is 8.15. The third-order valence-corrected chi connectivity index (χ3v) is 6.22. The number of halogens is 3. The maximum atomic E-state index is 14.1. The average Bonchev–Trinajstić information content (AvgIpc) is 2.99. The summed E-state index contributed by atoms with van der Waals surface area (Å²) in [5.74, 6) is 0.374. The van der Waals surface area contributed by atoms with Crippen LogP contribution in [-0.2, 0) is 10.9 Å². The molecule has 0 aromatic heterocycles. The summed E-state index contributed by atoms with van der Waals surface area (Å²) in [4.78, 5) is 16.0. The Labute approximate surface area is 192 Å². The number of hydrogen-bond acceptors (Lipinski definition) is 4. The summed E-state index contributed by atoms with van der Waals surface area (Å²) in [7, 11) is 1.70. The smallest absolute Gasteiger partial charge is 0.418 e. The number of alkyl halides is 3. The van der Waals surface area contributed by atoms with Crippen molar-refractivity contribution in [2.75, 3.05) is 25.0 Å². The van der Waals surface area contributed by atoms with E-state index < -0.39 is 23.4 Å². The molecule has 0 bridgehead atoms. The van der Waals surface area contributed by atoms with E-state index in [2.05, 4.69) is 0 Å². The van der Waals surface area contributed by atoms with Crippen LogP contribution in [0.5, 0.6) is 11.5 Å². The van der Waals surface area contributed by atoms with Crippen molar-refractivity contribution in [1.29, 1.82) is 0 Å². The van der Waals surface area contributed by atoms with Gasteiger partial charge in [-0.1, -0.05) is 18.2 Å². The standard InChI is InChI=1S/C25H29F3N2O3/c1-15-8-6-7-9-21(15)32-16-12-17-18-14-30(23(31)33-24(2,3)4)11-10-20(18)29(5)22(17)19(13-16)25(26,27)28/h6-9,12-13,18,20H,10-11,14H2,1-5H3. The van der Waals surface area contributed by atoms with Crippen LogP contribution in [0.25, 0.3) is 0 Å². The zero-order valence-corrected chi connectivity index (χ0v) is 19.5. The van der Waals surface area contributed by atoms with Gasteiger partial charge < -0.3 is 19.3 Å². The molecule has 1 amide bonds. The van der Waals surface area contributed by atoms with E-state index >= 15 is 0 Å². The third-order valence-electron chi connectivity index (χ3n) is 6.22. The summed E-state index contributed by atoms with van der Waals surface area (Å²) in [6.07, 6.45) is -4.43. The van der Waals surface area contributed by atoms with E-state index in [0.29, 0.717) is 30.8 Å². The summed E-state index contributed by atoms with van der Waals surface area (Å²) >= 11 is 0. The topological polar surface area (TPSA) is 42.0 Å². The molecule has 33 heavy (non-hydrogen) atoms. The molecule has 1 fully saturated rings. The molecule has 2 atom stereocenters. The lowest BCUT2D eigenvalue weighted by Gasteiger charge is -2.38. The Kier molecular flexibility index (Phi) is 5.75. The molecule has 0 spiro atoms. The van der Waals surface area contributed by atoms with Crippen molar-refractivity contribution >= 4 is 11.8 Å². The van der Waals surface area contributed by atoms with Gasteiger partial charge >= 0.3 is 12.3 Å². The number of para-hydroxylation sites is 1. The normalized spacial score (nSPS) is 20.4. The number of amides is 1. The van der Waals surface area contributed by atoms with Crippen LogP contribution in [-0.4, -0.2) is 42.8 Å². The van der Waals surface area contributed by atoms with Crippen molar-refractivity contribution in [3.05, 3.63) is 53.1 Å². The highest BCUT2D eigenvalue weighted by Crippen LogP contribution is 2.51. The van der Waals surface area contributed by atoms with E-state index in [1.807, 2.05) is 19.1 Å². The Hall–Kier alpha value is -2.90. The molecule has 8 heteroatoms. The van der Waals surface area contributed by atoms with E-state index in [9.17, 15) is 18.0 Å². The molecule has 2 unspecified atom stereocenters. The van der Waals surface area contributed by atoms with E-state index in [-0.39, 0.29) is 23.4 Å². The molecule has 5 nitrogen and oxygen atoms in total. The lowest BCUT2D eigenvalue weighted by Crippen LogP contribution is -2.48. The van der Waals surface area contributed by atoms with Gasteiger partial charge in [0.1, 0.15) is 17.1 Å². The molecule has 2 aromatic rings. The molecule has 2 heterocycles. The van der Waals surface area contributed by atoms with Crippen LogP contribution in [0.3, 0.4) is 0 Å². The second-order valence-corrected chi connectivity index (χ2v) is 9.77. The van der Waals surface area contributed by atoms with Crippen molar-refractivity contribution in [3.63, 3.8) is 0 Å². The molecule has 178 valence electrons. The van der Waals surface area contributed by atoms with Crippen molar-refractivity contribution in [2.45, 2.75) is 57.9 Å². The van der Waals surface area contributed by atoms with Gasteiger partial charge in [-0.15, -0.1) is 0 Å². The summed E-state index contributed by atoms with van der Waals surface area (Å²) in [6.45, 7) is 7.95. The number of aryl methyl sites for hydroxylation is 1. The number of fused-ring (bicyclic) bond motifs is 3. The van der Waals surface area contributed by atoms with Gasteiger partial charge in [-0.3, -0.25) is 0 Å². The number of likely N-dealkylation sites (tertiary alicyclic amines) is 1. The Morgan fingerprint density at radius 3 is 2.45 bits per heavy atom. The number of ether oxygens (including phenoxy) is 2. The lowest BCUT2D eigenvalue weighted by atomic mass is 9.88.